The molecule has 3 atom stereocenters. The van der Waals surface area contributed by atoms with Crippen LogP contribution in [0.5, 0.6) is 0 Å². The summed E-state index contributed by atoms with van der Waals surface area (Å²) in [4.78, 5) is 4.41. The van der Waals surface area contributed by atoms with Crippen molar-refractivity contribution in [3.8, 4) is 0 Å². The summed E-state index contributed by atoms with van der Waals surface area (Å²) in [5, 5.41) is 0. The lowest BCUT2D eigenvalue weighted by Gasteiger charge is -2.27. The number of ether oxygens (including phenoxy) is 1. The van der Waals surface area contributed by atoms with Gasteiger partial charge < -0.3 is 4.74 Å². The first-order valence-corrected chi connectivity index (χ1v) is 8.11. The molecule has 0 aromatic carbocycles. The van der Waals surface area contributed by atoms with Gasteiger partial charge in [-0.25, -0.2) is 4.39 Å². The first-order chi connectivity index (χ1) is 10.1. The Morgan fingerprint density at radius 2 is 2.05 bits per heavy atom. The lowest BCUT2D eigenvalue weighted by molar-refractivity contribution is 0.107. The highest BCUT2D eigenvalue weighted by atomic mass is 19.1. The van der Waals surface area contributed by atoms with E-state index in [1.165, 1.54) is 0 Å². The van der Waals surface area contributed by atoms with E-state index in [4.69, 9.17) is 4.74 Å². The number of allylic oxidation sites excluding steroid dienone is 3. The molecule has 4 rings (SSSR count). The lowest BCUT2D eigenvalue weighted by atomic mass is 9.95. The fourth-order valence-electron chi connectivity index (χ4n) is 4.56. The average Bonchev–Trinajstić information content (AvgIpc) is 2.97. The Balaban J connectivity index is 1.43. The van der Waals surface area contributed by atoms with Gasteiger partial charge in [0.1, 0.15) is 11.6 Å². The Hall–Kier alpha value is -1.38. The molecule has 2 fully saturated rings. The van der Waals surface area contributed by atoms with Gasteiger partial charge in [0, 0.05) is 11.8 Å². The molecular weight excluding hydrogens is 265 g/mol. The van der Waals surface area contributed by atoms with Crippen molar-refractivity contribution in [3.63, 3.8) is 0 Å². The normalized spacial score (nSPS) is 40.2. The van der Waals surface area contributed by atoms with Crippen LogP contribution in [0.15, 0.2) is 40.4 Å². The molecule has 0 amide bonds. The molecule has 0 spiro atoms. The van der Waals surface area contributed by atoms with E-state index in [1.807, 2.05) is 6.08 Å². The van der Waals surface area contributed by atoms with Gasteiger partial charge in [-0.1, -0.05) is 13.8 Å². The number of hydrogen-bond acceptors (Lipinski definition) is 2. The van der Waals surface area contributed by atoms with Crippen LogP contribution in [0.3, 0.4) is 0 Å². The minimum atomic E-state index is -0.165. The minimum absolute atomic E-state index is 0.0452. The molecule has 0 aromatic rings. The number of dihydropyridines is 1. The summed E-state index contributed by atoms with van der Waals surface area (Å²) in [7, 11) is 0. The molecule has 1 aliphatic heterocycles. The molecule has 112 valence electrons. The quantitative estimate of drug-likeness (QED) is 0.762. The summed E-state index contributed by atoms with van der Waals surface area (Å²) in [6.45, 7) is 4.65. The Morgan fingerprint density at radius 3 is 2.76 bits per heavy atom. The standard InChI is InChI=1S/C18H22FNO/c1-10(2)18-13-8-12(9-14(13)18)21-17-5-6-20-16-4-3-11(19)7-15(16)17/h3,5-7,10,12-14,16,18H,4,8-9H2,1-2H3. The highest BCUT2D eigenvalue weighted by Gasteiger charge is 2.57. The molecule has 3 aliphatic carbocycles. The highest BCUT2D eigenvalue weighted by Crippen LogP contribution is 2.61. The van der Waals surface area contributed by atoms with E-state index in [0.717, 1.165) is 47.8 Å². The topological polar surface area (TPSA) is 21.6 Å². The average molecular weight is 287 g/mol. The summed E-state index contributed by atoms with van der Waals surface area (Å²) >= 11 is 0. The van der Waals surface area contributed by atoms with E-state index < -0.39 is 0 Å². The maximum Gasteiger partial charge on any atom is 0.126 e. The fourth-order valence-corrected chi connectivity index (χ4v) is 4.56. The smallest absolute Gasteiger partial charge is 0.126 e. The van der Waals surface area contributed by atoms with Gasteiger partial charge in [0.15, 0.2) is 0 Å². The SMILES string of the molecule is CC(C)C1C2CC(OC3=CC=NC4CC=C(F)C=C34)CC21. The first kappa shape index (κ1) is 13.3. The molecule has 0 aromatic heterocycles. The van der Waals surface area contributed by atoms with Gasteiger partial charge >= 0.3 is 0 Å². The van der Waals surface area contributed by atoms with Crippen molar-refractivity contribution in [3.05, 3.63) is 35.4 Å². The van der Waals surface area contributed by atoms with Crippen LogP contribution >= 0.6 is 0 Å². The van der Waals surface area contributed by atoms with Crippen LogP contribution in [0.1, 0.15) is 33.1 Å². The third-order valence-electron chi connectivity index (χ3n) is 5.50. The zero-order valence-electron chi connectivity index (χ0n) is 12.6. The predicted molar refractivity (Wildman–Crippen MR) is 81.7 cm³/mol. The zero-order valence-corrected chi connectivity index (χ0v) is 12.6. The summed E-state index contributed by atoms with van der Waals surface area (Å²) in [5.41, 5.74) is 0.915. The molecule has 21 heavy (non-hydrogen) atoms. The van der Waals surface area contributed by atoms with Crippen LogP contribution in [0, 0.1) is 23.7 Å². The van der Waals surface area contributed by atoms with Crippen molar-refractivity contribution in [2.75, 3.05) is 0 Å². The molecule has 0 saturated heterocycles. The van der Waals surface area contributed by atoms with E-state index in [2.05, 4.69) is 18.8 Å². The van der Waals surface area contributed by atoms with Crippen molar-refractivity contribution in [2.45, 2.75) is 45.3 Å². The molecule has 0 radical (unpaired) electrons. The van der Waals surface area contributed by atoms with E-state index >= 15 is 0 Å². The number of aliphatic imine (C=N–C) groups is 1. The summed E-state index contributed by atoms with van der Waals surface area (Å²) in [6.07, 6.45) is 10.2. The van der Waals surface area contributed by atoms with Gasteiger partial charge in [0.2, 0.25) is 0 Å². The largest absolute Gasteiger partial charge is 0.490 e. The fraction of sp³-hybridized carbons (Fsp3) is 0.611. The second-order valence-electron chi connectivity index (χ2n) is 7.13. The van der Waals surface area contributed by atoms with Crippen molar-refractivity contribution < 1.29 is 9.13 Å². The van der Waals surface area contributed by atoms with Gasteiger partial charge in [0.05, 0.1) is 12.1 Å². The number of fused-ring (bicyclic) bond motifs is 2. The van der Waals surface area contributed by atoms with E-state index in [9.17, 15) is 4.39 Å². The van der Waals surface area contributed by atoms with Crippen molar-refractivity contribution >= 4 is 6.21 Å². The predicted octanol–water partition coefficient (Wildman–Crippen LogP) is 4.20. The summed E-state index contributed by atoms with van der Waals surface area (Å²) < 4.78 is 19.7. The van der Waals surface area contributed by atoms with Crippen molar-refractivity contribution in [2.24, 2.45) is 28.7 Å². The van der Waals surface area contributed by atoms with Crippen LogP contribution in [-0.2, 0) is 4.74 Å². The van der Waals surface area contributed by atoms with Gasteiger partial charge in [-0.05, 0) is 61.2 Å². The van der Waals surface area contributed by atoms with Crippen LogP contribution in [0.4, 0.5) is 4.39 Å². The molecule has 0 bridgehead atoms. The number of rotatable bonds is 3. The monoisotopic (exact) mass is 287 g/mol. The molecule has 4 aliphatic rings. The Labute approximate surface area is 125 Å². The Morgan fingerprint density at radius 1 is 1.29 bits per heavy atom. The van der Waals surface area contributed by atoms with Crippen molar-refractivity contribution in [1.29, 1.82) is 0 Å². The van der Waals surface area contributed by atoms with E-state index in [-0.39, 0.29) is 11.9 Å². The molecular formula is C18H22FNO. The number of halogens is 1. The third-order valence-corrected chi connectivity index (χ3v) is 5.50. The summed E-state index contributed by atoms with van der Waals surface area (Å²) in [6, 6.07) is 0.0452. The second kappa shape index (κ2) is 4.82. The molecule has 1 heterocycles. The van der Waals surface area contributed by atoms with Crippen molar-refractivity contribution in [1.82, 2.24) is 0 Å². The van der Waals surface area contributed by atoms with Gasteiger partial charge in [-0.3, -0.25) is 4.99 Å². The summed E-state index contributed by atoms with van der Waals surface area (Å²) in [5.74, 6) is 4.11. The Kier molecular flexibility index (Phi) is 3.05. The zero-order chi connectivity index (χ0) is 14.6. The maximum atomic E-state index is 13.5. The van der Waals surface area contributed by atoms with E-state index in [1.54, 1.807) is 18.4 Å². The lowest BCUT2D eigenvalue weighted by Crippen LogP contribution is -2.21. The molecule has 2 nitrogen and oxygen atoms in total. The molecule has 2 saturated carbocycles. The maximum absolute atomic E-state index is 13.5. The van der Waals surface area contributed by atoms with Gasteiger partial charge in [0.25, 0.3) is 0 Å². The highest BCUT2D eigenvalue weighted by molar-refractivity contribution is 5.76. The van der Waals surface area contributed by atoms with Crippen LogP contribution in [0.2, 0.25) is 0 Å². The Bertz CT molecular complexity index is 560. The molecule has 0 N–H and O–H groups in total. The number of hydrogen-bond donors (Lipinski definition) is 0. The van der Waals surface area contributed by atoms with Crippen LogP contribution in [-0.4, -0.2) is 18.4 Å². The molecule has 3 heteroatoms. The van der Waals surface area contributed by atoms with Gasteiger partial charge in [-0.2, -0.15) is 0 Å². The van der Waals surface area contributed by atoms with E-state index in [0.29, 0.717) is 12.5 Å². The molecule has 3 unspecified atom stereocenters. The second-order valence-corrected chi connectivity index (χ2v) is 7.13. The minimum Gasteiger partial charge on any atom is -0.490 e. The third kappa shape index (κ3) is 2.27. The first-order valence-electron chi connectivity index (χ1n) is 8.11. The van der Waals surface area contributed by atoms with Gasteiger partial charge in [-0.15, -0.1) is 0 Å². The number of nitrogens with zero attached hydrogens (tertiary/aromatic N) is 1. The van der Waals surface area contributed by atoms with Crippen LogP contribution in [0.25, 0.3) is 0 Å². The van der Waals surface area contributed by atoms with Crippen LogP contribution < -0.4 is 0 Å².